The molecule has 3 aromatic rings. The van der Waals surface area contributed by atoms with E-state index < -0.39 is 5.97 Å². The van der Waals surface area contributed by atoms with Crippen LogP contribution < -0.4 is 9.47 Å². The number of hydrogen-bond donors (Lipinski definition) is 0. The number of ether oxygens (including phenoxy) is 3. The summed E-state index contributed by atoms with van der Waals surface area (Å²) < 4.78 is 16.4. The second-order valence-electron chi connectivity index (χ2n) is 7.44. The monoisotopic (exact) mass is 426 g/mol. The first kappa shape index (κ1) is 21.1. The second-order valence-corrected chi connectivity index (χ2v) is 7.44. The van der Waals surface area contributed by atoms with Crippen LogP contribution in [0.15, 0.2) is 60.8 Å². The lowest BCUT2D eigenvalue weighted by Crippen LogP contribution is -2.17. The largest absolute Gasteiger partial charge is 0.484 e. The van der Waals surface area contributed by atoms with Crippen molar-refractivity contribution in [3.8, 4) is 17.7 Å². The predicted molar refractivity (Wildman–Crippen MR) is 120 cm³/mol. The second kappa shape index (κ2) is 9.36. The molecule has 4 rings (SSSR count). The Hall–Kier alpha value is -4.11. The molecular weight excluding hydrogens is 404 g/mol. The van der Waals surface area contributed by atoms with Gasteiger partial charge >= 0.3 is 5.97 Å². The molecule has 1 heterocycles. The zero-order chi connectivity index (χ0) is 22.5. The Morgan fingerprint density at radius 2 is 1.78 bits per heavy atom. The van der Waals surface area contributed by atoms with Crippen molar-refractivity contribution in [2.24, 2.45) is 0 Å². The molecule has 0 fully saturated rings. The number of allylic oxidation sites excluding steroid dienone is 1. The van der Waals surface area contributed by atoms with Crippen molar-refractivity contribution in [3.05, 3.63) is 88.6 Å². The van der Waals surface area contributed by atoms with E-state index in [0.717, 1.165) is 12.8 Å². The van der Waals surface area contributed by atoms with E-state index in [1.54, 1.807) is 43.6 Å². The molecule has 160 valence electrons. The number of rotatable bonds is 6. The van der Waals surface area contributed by atoms with Crippen LogP contribution in [0.3, 0.4) is 0 Å². The number of aromatic nitrogens is 1. The third kappa shape index (κ3) is 4.47. The molecule has 0 N–H and O–H groups in total. The lowest BCUT2D eigenvalue weighted by molar-refractivity contribution is 0.0600. The summed E-state index contributed by atoms with van der Waals surface area (Å²) in [4.78, 5) is 16.2. The molecule has 0 saturated carbocycles. The fourth-order valence-corrected chi connectivity index (χ4v) is 3.82. The number of pyridine rings is 1. The summed E-state index contributed by atoms with van der Waals surface area (Å²) in [5.41, 5.74) is 4.65. The fourth-order valence-electron chi connectivity index (χ4n) is 3.82. The first-order valence-corrected chi connectivity index (χ1v) is 10.2. The molecule has 0 aliphatic heterocycles. The first-order chi connectivity index (χ1) is 15.6. The molecule has 0 unspecified atom stereocenters. The minimum atomic E-state index is -0.455. The van der Waals surface area contributed by atoms with Gasteiger partial charge in [0.25, 0.3) is 5.88 Å². The molecule has 1 aromatic heterocycles. The van der Waals surface area contributed by atoms with Gasteiger partial charge in [0.1, 0.15) is 6.10 Å². The number of esters is 1. The smallest absolute Gasteiger partial charge is 0.337 e. The molecule has 6 nitrogen and oxygen atoms in total. The molecule has 6 heteroatoms. The van der Waals surface area contributed by atoms with Crippen molar-refractivity contribution in [1.82, 2.24) is 4.98 Å². The van der Waals surface area contributed by atoms with E-state index in [1.807, 2.05) is 18.2 Å². The number of benzene rings is 2. The van der Waals surface area contributed by atoms with Gasteiger partial charge < -0.3 is 14.2 Å². The summed E-state index contributed by atoms with van der Waals surface area (Å²) in [6.07, 6.45) is 4.97. The van der Waals surface area contributed by atoms with Crippen molar-refractivity contribution < 1.29 is 19.0 Å². The third-order valence-corrected chi connectivity index (χ3v) is 5.37. The molecule has 0 radical (unpaired) electrons. The molecule has 0 atom stereocenters. The van der Waals surface area contributed by atoms with Gasteiger partial charge in [0.15, 0.2) is 5.75 Å². The minimum Gasteiger partial charge on any atom is -0.484 e. The van der Waals surface area contributed by atoms with Crippen LogP contribution in [0.5, 0.6) is 11.6 Å². The Labute approximate surface area is 186 Å². The molecule has 1 aliphatic rings. The minimum absolute atomic E-state index is 0.00509. The van der Waals surface area contributed by atoms with Gasteiger partial charge in [-0.25, -0.2) is 9.78 Å². The van der Waals surface area contributed by atoms with Gasteiger partial charge in [-0.1, -0.05) is 36.4 Å². The number of carbonyl (C=O) groups is 1. The Bertz CT molecular complexity index is 1200. The average molecular weight is 426 g/mol. The zero-order valence-corrected chi connectivity index (χ0v) is 17.9. The molecule has 2 aromatic carbocycles. The summed E-state index contributed by atoms with van der Waals surface area (Å²) >= 11 is 0. The standard InChI is InChI=1S/C26H22N2O4/c1-30-25-24(32-23-13-19-6-3-4-7-20(19)14-23)11-17(16-28-25)10-22(15-27)18-8-5-9-21(12-18)26(29)31-2/h3-12,16,23H,13-14H2,1-2H3/b22-10+. The zero-order valence-electron chi connectivity index (χ0n) is 17.9. The van der Waals surface area contributed by atoms with E-state index in [1.165, 1.54) is 18.2 Å². The van der Waals surface area contributed by atoms with Crippen molar-refractivity contribution in [2.45, 2.75) is 18.9 Å². The number of nitrogens with zero attached hydrogens (tertiary/aromatic N) is 2. The van der Waals surface area contributed by atoms with Crippen LogP contribution in [0.2, 0.25) is 0 Å². The molecule has 1 aliphatic carbocycles. The van der Waals surface area contributed by atoms with Gasteiger partial charge in [-0.2, -0.15) is 5.26 Å². The Balaban J connectivity index is 1.61. The SMILES string of the molecule is COC(=O)c1cccc(/C(C#N)=C/c2cnc(OC)c(OC3Cc4ccccc4C3)c2)c1. The summed E-state index contributed by atoms with van der Waals surface area (Å²) in [7, 11) is 2.87. The number of nitriles is 1. The Morgan fingerprint density at radius 3 is 2.44 bits per heavy atom. The third-order valence-electron chi connectivity index (χ3n) is 5.37. The highest BCUT2D eigenvalue weighted by molar-refractivity contribution is 5.94. The normalized spacial score (nSPS) is 13.2. The predicted octanol–water partition coefficient (Wildman–Crippen LogP) is 4.49. The van der Waals surface area contributed by atoms with Crippen LogP contribution in [0.1, 0.15) is 32.6 Å². The van der Waals surface area contributed by atoms with Gasteiger partial charge in [0.2, 0.25) is 0 Å². The quantitative estimate of drug-likeness (QED) is 0.427. The van der Waals surface area contributed by atoms with E-state index in [4.69, 9.17) is 14.2 Å². The summed E-state index contributed by atoms with van der Waals surface area (Å²) in [5.74, 6) is 0.465. The van der Waals surface area contributed by atoms with Gasteiger partial charge in [-0.05, 0) is 46.5 Å². The highest BCUT2D eigenvalue weighted by Crippen LogP contribution is 2.32. The Kier molecular flexibility index (Phi) is 6.18. The molecular formula is C26H22N2O4. The number of carbonyl (C=O) groups excluding carboxylic acids is 1. The van der Waals surface area contributed by atoms with Crippen LogP contribution in [0, 0.1) is 11.3 Å². The van der Waals surface area contributed by atoms with Crippen molar-refractivity contribution in [3.63, 3.8) is 0 Å². The van der Waals surface area contributed by atoms with Crippen LogP contribution in [0.25, 0.3) is 11.6 Å². The number of methoxy groups -OCH3 is 2. The van der Waals surface area contributed by atoms with Gasteiger partial charge in [0.05, 0.1) is 31.4 Å². The molecule has 0 saturated heterocycles. The van der Waals surface area contributed by atoms with Gasteiger partial charge in [0, 0.05) is 19.0 Å². The summed E-state index contributed by atoms with van der Waals surface area (Å²) in [6.45, 7) is 0. The van der Waals surface area contributed by atoms with E-state index >= 15 is 0 Å². The molecule has 0 bridgehead atoms. The van der Waals surface area contributed by atoms with E-state index in [0.29, 0.717) is 33.9 Å². The molecule has 32 heavy (non-hydrogen) atoms. The summed E-state index contributed by atoms with van der Waals surface area (Å²) in [6, 6.07) is 19.1. The topological polar surface area (TPSA) is 81.4 Å². The van der Waals surface area contributed by atoms with Gasteiger partial charge in [-0.3, -0.25) is 0 Å². The maximum absolute atomic E-state index is 11.8. The molecule has 0 amide bonds. The van der Waals surface area contributed by atoms with Crippen molar-refractivity contribution in [1.29, 1.82) is 5.26 Å². The van der Waals surface area contributed by atoms with Gasteiger partial charge in [-0.15, -0.1) is 0 Å². The fraction of sp³-hybridized carbons (Fsp3) is 0.192. The molecule has 0 spiro atoms. The Morgan fingerprint density at radius 1 is 1.06 bits per heavy atom. The van der Waals surface area contributed by atoms with E-state index in [2.05, 4.69) is 23.2 Å². The number of hydrogen-bond acceptors (Lipinski definition) is 6. The summed E-state index contributed by atoms with van der Waals surface area (Å²) in [5, 5.41) is 9.72. The van der Waals surface area contributed by atoms with E-state index in [9.17, 15) is 10.1 Å². The maximum atomic E-state index is 11.8. The van der Waals surface area contributed by atoms with Crippen LogP contribution >= 0.6 is 0 Å². The lowest BCUT2D eigenvalue weighted by Gasteiger charge is -2.15. The van der Waals surface area contributed by atoms with Crippen LogP contribution in [-0.2, 0) is 17.6 Å². The lowest BCUT2D eigenvalue weighted by atomic mass is 10.0. The van der Waals surface area contributed by atoms with Crippen LogP contribution in [-0.4, -0.2) is 31.3 Å². The van der Waals surface area contributed by atoms with Crippen molar-refractivity contribution in [2.75, 3.05) is 14.2 Å². The highest BCUT2D eigenvalue weighted by atomic mass is 16.5. The maximum Gasteiger partial charge on any atom is 0.337 e. The van der Waals surface area contributed by atoms with E-state index in [-0.39, 0.29) is 6.10 Å². The number of fused-ring (bicyclic) bond motifs is 1. The van der Waals surface area contributed by atoms with Crippen LogP contribution in [0.4, 0.5) is 0 Å². The van der Waals surface area contributed by atoms with Crippen molar-refractivity contribution >= 4 is 17.6 Å². The average Bonchev–Trinajstić information content (AvgIpc) is 3.24. The first-order valence-electron chi connectivity index (χ1n) is 10.2. The highest BCUT2D eigenvalue weighted by Gasteiger charge is 2.24.